The van der Waals surface area contributed by atoms with Crippen LogP contribution in [-0.2, 0) is 4.79 Å². The van der Waals surface area contributed by atoms with Crippen LogP contribution in [0, 0.1) is 6.92 Å². The van der Waals surface area contributed by atoms with Crippen molar-refractivity contribution in [1.82, 2.24) is 5.32 Å². The maximum atomic E-state index is 12.5. The summed E-state index contributed by atoms with van der Waals surface area (Å²) in [4.78, 5) is 26.4. The molecular weight excluding hydrogens is 320 g/mol. The van der Waals surface area contributed by atoms with Crippen LogP contribution in [-0.4, -0.2) is 31.2 Å². The average Bonchev–Trinajstić information content (AvgIpc) is 3.21. The van der Waals surface area contributed by atoms with Crippen molar-refractivity contribution in [2.24, 2.45) is 0 Å². The number of fused-ring (bicyclic) bond motifs is 1. The number of nitrogens with one attached hydrogen (secondary N) is 1. The Labute approximate surface area is 145 Å². The van der Waals surface area contributed by atoms with Crippen LogP contribution in [0.4, 0.5) is 5.69 Å². The highest BCUT2D eigenvalue weighted by molar-refractivity contribution is 5.99. The van der Waals surface area contributed by atoms with Crippen molar-refractivity contribution >= 4 is 17.5 Å². The van der Waals surface area contributed by atoms with E-state index >= 15 is 0 Å². The van der Waals surface area contributed by atoms with E-state index in [9.17, 15) is 9.59 Å². The molecule has 2 aromatic rings. The van der Waals surface area contributed by atoms with Gasteiger partial charge in [0.2, 0.25) is 12.7 Å². The molecule has 128 valence electrons. The third-order valence-electron chi connectivity index (χ3n) is 4.44. The predicted molar refractivity (Wildman–Crippen MR) is 92.0 cm³/mol. The monoisotopic (exact) mass is 338 g/mol. The molecule has 2 aromatic carbocycles. The number of carbonyl (C=O) groups excluding carboxylic acids is 2. The van der Waals surface area contributed by atoms with Gasteiger partial charge >= 0.3 is 0 Å². The summed E-state index contributed by atoms with van der Waals surface area (Å²) in [6, 6.07) is 12.7. The minimum atomic E-state index is -0.221. The summed E-state index contributed by atoms with van der Waals surface area (Å²) in [5.41, 5.74) is 2.49. The van der Waals surface area contributed by atoms with E-state index in [1.807, 2.05) is 31.2 Å². The molecule has 0 saturated carbocycles. The molecule has 0 radical (unpaired) electrons. The number of hydrogen-bond donors (Lipinski definition) is 1. The van der Waals surface area contributed by atoms with Crippen LogP contribution in [0.1, 0.15) is 22.3 Å². The summed E-state index contributed by atoms with van der Waals surface area (Å²) in [7, 11) is 0. The number of ether oxygens (including phenoxy) is 2. The summed E-state index contributed by atoms with van der Waals surface area (Å²) in [5.74, 6) is 0.997. The van der Waals surface area contributed by atoms with Gasteiger partial charge in [0.1, 0.15) is 0 Å². The van der Waals surface area contributed by atoms with Crippen molar-refractivity contribution in [2.75, 3.05) is 18.2 Å². The fourth-order valence-electron chi connectivity index (χ4n) is 3.09. The Morgan fingerprint density at radius 2 is 1.88 bits per heavy atom. The van der Waals surface area contributed by atoms with Gasteiger partial charge in [0.15, 0.2) is 11.5 Å². The van der Waals surface area contributed by atoms with Crippen LogP contribution in [0.3, 0.4) is 0 Å². The van der Waals surface area contributed by atoms with E-state index in [0.29, 0.717) is 30.0 Å². The fourth-order valence-corrected chi connectivity index (χ4v) is 3.09. The summed E-state index contributed by atoms with van der Waals surface area (Å²) in [6.07, 6.45) is 0.296. The third-order valence-corrected chi connectivity index (χ3v) is 4.44. The highest BCUT2D eigenvalue weighted by Gasteiger charge is 2.32. The van der Waals surface area contributed by atoms with E-state index in [1.54, 1.807) is 23.1 Å². The van der Waals surface area contributed by atoms with Crippen molar-refractivity contribution in [3.8, 4) is 11.5 Å². The van der Waals surface area contributed by atoms with Crippen LogP contribution in [0.5, 0.6) is 11.5 Å². The number of nitrogens with zero attached hydrogens (tertiary/aromatic N) is 1. The Bertz CT molecular complexity index is 832. The van der Waals surface area contributed by atoms with Crippen LogP contribution >= 0.6 is 0 Å². The molecule has 6 heteroatoms. The lowest BCUT2D eigenvalue weighted by Gasteiger charge is -2.17. The zero-order chi connectivity index (χ0) is 17.4. The van der Waals surface area contributed by atoms with Crippen molar-refractivity contribution < 1.29 is 19.1 Å². The van der Waals surface area contributed by atoms with Gasteiger partial charge in [-0.15, -0.1) is 0 Å². The predicted octanol–water partition coefficient (Wildman–Crippen LogP) is 2.26. The molecule has 2 aliphatic rings. The van der Waals surface area contributed by atoms with Crippen LogP contribution in [0.15, 0.2) is 42.5 Å². The van der Waals surface area contributed by atoms with E-state index in [1.165, 1.54) is 0 Å². The van der Waals surface area contributed by atoms with E-state index in [2.05, 4.69) is 5.32 Å². The number of rotatable bonds is 3. The quantitative estimate of drug-likeness (QED) is 0.932. The maximum absolute atomic E-state index is 12.5. The largest absolute Gasteiger partial charge is 0.454 e. The van der Waals surface area contributed by atoms with E-state index < -0.39 is 0 Å². The molecule has 2 amide bonds. The van der Waals surface area contributed by atoms with E-state index in [0.717, 1.165) is 11.3 Å². The van der Waals surface area contributed by atoms with Crippen molar-refractivity contribution in [3.05, 3.63) is 53.6 Å². The second-order valence-corrected chi connectivity index (χ2v) is 6.28. The topological polar surface area (TPSA) is 67.9 Å². The molecule has 2 aliphatic heterocycles. The number of amides is 2. The first-order chi connectivity index (χ1) is 12.1. The molecule has 1 fully saturated rings. The first kappa shape index (κ1) is 15.5. The first-order valence-electron chi connectivity index (χ1n) is 8.18. The normalized spacial score (nSPS) is 18.5. The summed E-state index contributed by atoms with van der Waals surface area (Å²) in [5, 5.41) is 2.93. The molecule has 1 saturated heterocycles. The van der Waals surface area contributed by atoms with Crippen LogP contribution < -0.4 is 19.7 Å². The number of hydrogen-bond acceptors (Lipinski definition) is 4. The van der Waals surface area contributed by atoms with Gasteiger partial charge in [0.25, 0.3) is 5.91 Å². The highest BCUT2D eigenvalue weighted by atomic mass is 16.7. The van der Waals surface area contributed by atoms with E-state index in [4.69, 9.17) is 9.47 Å². The summed E-state index contributed by atoms with van der Waals surface area (Å²) < 4.78 is 10.5. The average molecular weight is 338 g/mol. The molecule has 0 spiro atoms. The number of benzene rings is 2. The van der Waals surface area contributed by atoms with Gasteiger partial charge < -0.3 is 19.7 Å². The Hall–Kier alpha value is -3.02. The number of carbonyl (C=O) groups is 2. The smallest absolute Gasteiger partial charge is 0.251 e. The second kappa shape index (κ2) is 6.12. The molecule has 1 atom stereocenters. The third kappa shape index (κ3) is 3.03. The Morgan fingerprint density at radius 1 is 1.12 bits per heavy atom. The summed E-state index contributed by atoms with van der Waals surface area (Å²) in [6.45, 7) is 2.64. The zero-order valence-electron chi connectivity index (χ0n) is 13.8. The fraction of sp³-hybridized carbons (Fsp3) is 0.263. The van der Waals surface area contributed by atoms with Crippen LogP contribution in [0.2, 0.25) is 0 Å². The van der Waals surface area contributed by atoms with Gasteiger partial charge in [-0.05, 0) is 37.3 Å². The molecule has 6 nitrogen and oxygen atoms in total. The molecular formula is C19H18N2O4. The highest BCUT2D eigenvalue weighted by Crippen LogP contribution is 2.32. The lowest BCUT2D eigenvalue weighted by atomic mass is 10.1. The maximum Gasteiger partial charge on any atom is 0.251 e. The number of aryl methyl sites for hydroxylation is 1. The minimum Gasteiger partial charge on any atom is -0.454 e. The second-order valence-electron chi connectivity index (χ2n) is 6.28. The van der Waals surface area contributed by atoms with Gasteiger partial charge in [0, 0.05) is 24.2 Å². The molecule has 0 aliphatic carbocycles. The Morgan fingerprint density at radius 3 is 2.68 bits per heavy atom. The summed E-state index contributed by atoms with van der Waals surface area (Å²) >= 11 is 0. The Balaban J connectivity index is 1.44. The van der Waals surface area contributed by atoms with Crippen molar-refractivity contribution in [1.29, 1.82) is 0 Å². The van der Waals surface area contributed by atoms with Gasteiger partial charge in [-0.2, -0.15) is 0 Å². The molecule has 0 bridgehead atoms. The SMILES string of the molecule is Cc1ccc(N2C[C@H](NC(=O)c3ccc4c(c3)OCO4)CC2=O)cc1. The minimum absolute atomic E-state index is 0.0137. The van der Waals surface area contributed by atoms with Gasteiger partial charge in [0.05, 0.1) is 6.04 Å². The number of anilines is 1. The Kier molecular flexibility index (Phi) is 3.80. The first-order valence-corrected chi connectivity index (χ1v) is 8.18. The lowest BCUT2D eigenvalue weighted by molar-refractivity contribution is -0.117. The van der Waals surface area contributed by atoms with E-state index in [-0.39, 0.29) is 24.6 Å². The molecule has 1 N–H and O–H groups in total. The molecule has 4 rings (SSSR count). The molecule has 0 unspecified atom stereocenters. The van der Waals surface area contributed by atoms with Crippen molar-refractivity contribution in [3.63, 3.8) is 0 Å². The van der Waals surface area contributed by atoms with Gasteiger partial charge in [-0.1, -0.05) is 17.7 Å². The standard InChI is InChI=1S/C19H18N2O4/c1-12-2-5-15(6-3-12)21-10-14(9-18(21)22)20-19(23)13-4-7-16-17(8-13)25-11-24-16/h2-8,14H,9-11H2,1H3,(H,20,23)/t14-/m1/s1. The van der Waals surface area contributed by atoms with Crippen LogP contribution in [0.25, 0.3) is 0 Å². The van der Waals surface area contributed by atoms with Gasteiger partial charge in [-0.25, -0.2) is 0 Å². The molecule has 2 heterocycles. The molecule has 0 aromatic heterocycles. The zero-order valence-corrected chi connectivity index (χ0v) is 13.8. The molecule has 25 heavy (non-hydrogen) atoms. The van der Waals surface area contributed by atoms with Crippen molar-refractivity contribution in [2.45, 2.75) is 19.4 Å². The van der Waals surface area contributed by atoms with Gasteiger partial charge in [-0.3, -0.25) is 9.59 Å². The lowest BCUT2D eigenvalue weighted by Crippen LogP contribution is -2.37.